The molecule has 0 atom stereocenters. The molecule has 0 radical (unpaired) electrons. The van der Waals surface area contributed by atoms with Gasteiger partial charge in [0.2, 0.25) is 10.1 Å². The van der Waals surface area contributed by atoms with Gasteiger partial charge in [0.1, 0.15) is 5.69 Å². The minimum Gasteiger partial charge on any atom is -0.493 e. The van der Waals surface area contributed by atoms with Crippen molar-refractivity contribution in [3.63, 3.8) is 0 Å². The first-order valence-corrected chi connectivity index (χ1v) is 12.8. The molecule has 4 rings (SSSR count). The molecule has 3 aromatic heterocycles. The molecule has 3 heterocycles. The molecule has 0 amide bonds. The maximum Gasteiger partial charge on any atom is 0.356 e. The number of nitrogens with one attached hydrogen (secondary N) is 1. The quantitative estimate of drug-likeness (QED) is 0.308. The van der Waals surface area contributed by atoms with Gasteiger partial charge in [-0.1, -0.05) is 12.1 Å². The van der Waals surface area contributed by atoms with E-state index in [0.29, 0.717) is 16.2 Å². The number of aryl methyl sites for hydroxylation is 1. The van der Waals surface area contributed by atoms with Crippen LogP contribution in [0.1, 0.15) is 15.4 Å². The Morgan fingerprint density at radius 2 is 1.76 bits per heavy atom. The minimum absolute atomic E-state index is 0.0114. The van der Waals surface area contributed by atoms with Crippen LogP contribution in [0.4, 0.5) is 5.82 Å². The van der Waals surface area contributed by atoms with Crippen molar-refractivity contribution in [3.8, 4) is 34.5 Å². The van der Waals surface area contributed by atoms with E-state index in [1.807, 2.05) is 0 Å². The Balaban J connectivity index is 1.88. The van der Waals surface area contributed by atoms with Gasteiger partial charge in [0.25, 0.3) is 15.9 Å². The van der Waals surface area contributed by atoms with Gasteiger partial charge in [-0.25, -0.2) is 19.7 Å². The summed E-state index contributed by atoms with van der Waals surface area (Å²) in [6.45, 7) is 1.74. The lowest BCUT2D eigenvalue weighted by molar-refractivity contribution is 0.0594. The molecular weight excluding hydrogens is 522 g/mol. The fraction of sp³-hybridized carbons (Fsp3) is 0.174. The third-order valence-corrected chi connectivity index (χ3v) is 7.43. The van der Waals surface area contributed by atoms with Crippen molar-refractivity contribution >= 4 is 33.1 Å². The number of hydrogen-bond acceptors (Lipinski definition) is 12. The highest BCUT2D eigenvalue weighted by atomic mass is 32.2. The van der Waals surface area contributed by atoms with Crippen LogP contribution in [0.2, 0.25) is 0 Å². The molecule has 0 unspecified atom stereocenters. The average molecular weight is 544 g/mol. The van der Waals surface area contributed by atoms with E-state index in [-0.39, 0.29) is 39.1 Å². The van der Waals surface area contributed by atoms with E-state index < -0.39 is 16.0 Å². The highest BCUT2D eigenvalue weighted by Crippen LogP contribution is 2.41. The topological polar surface area (TPSA) is 152 Å². The number of aromatic nitrogens is 4. The zero-order valence-corrected chi connectivity index (χ0v) is 21.7. The average Bonchev–Trinajstić information content (AvgIpc) is 3.36. The predicted octanol–water partition coefficient (Wildman–Crippen LogP) is 3.70. The molecule has 0 fully saturated rings. The second-order valence-corrected chi connectivity index (χ2v) is 10.3. The number of sulfonamides is 1. The van der Waals surface area contributed by atoms with Crippen LogP contribution in [-0.4, -0.2) is 55.7 Å². The summed E-state index contributed by atoms with van der Waals surface area (Å²) < 4.78 is 50.1. The summed E-state index contributed by atoms with van der Waals surface area (Å²) >= 11 is 0.991. The van der Waals surface area contributed by atoms with Gasteiger partial charge in [-0.2, -0.15) is 13.4 Å². The molecule has 192 valence electrons. The summed E-state index contributed by atoms with van der Waals surface area (Å²) in [5.74, 6) is -0.404. The van der Waals surface area contributed by atoms with E-state index in [2.05, 4.69) is 24.7 Å². The summed E-state index contributed by atoms with van der Waals surface area (Å²) in [5, 5.41) is 0. The molecule has 0 aliphatic carbocycles. The Kier molecular flexibility index (Phi) is 7.50. The molecule has 1 N–H and O–H groups in total. The van der Waals surface area contributed by atoms with E-state index in [9.17, 15) is 13.2 Å². The molecule has 1 aromatic carbocycles. The second-order valence-electron chi connectivity index (χ2n) is 7.25. The van der Waals surface area contributed by atoms with Crippen molar-refractivity contribution in [2.75, 3.05) is 26.1 Å². The van der Waals surface area contributed by atoms with E-state index >= 15 is 0 Å². The highest BCUT2D eigenvalue weighted by Gasteiger charge is 2.26. The van der Waals surface area contributed by atoms with E-state index in [1.54, 1.807) is 37.3 Å². The molecule has 0 saturated heterocycles. The van der Waals surface area contributed by atoms with E-state index in [4.69, 9.17) is 18.9 Å². The van der Waals surface area contributed by atoms with Gasteiger partial charge < -0.3 is 18.9 Å². The zero-order chi connectivity index (χ0) is 26.6. The number of esters is 1. The first-order chi connectivity index (χ1) is 17.7. The van der Waals surface area contributed by atoms with Crippen molar-refractivity contribution < 1.29 is 32.2 Å². The number of nitrogens with zero attached hydrogens (tertiary/aromatic N) is 4. The number of hydrogen-bond donors (Lipinski definition) is 1. The summed E-state index contributed by atoms with van der Waals surface area (Å²) in [7, 11) is -0.118. The Morgan fingerprint density at radius 1 is 1.00 bits per heavy atom. The largest absolute Gasteiger partial charge is 0.493 e. The molecule has 0 spiro atoms. The number of carbonyl (C=O) groups is 1. The fourth-order valence-electron chi connectivity index (χ4n) is 3.09. The molecule has 12 nitrogen and oxygen atoms in total. The van der Waals surface area contributed by atoms with Gasteiger partial charge in [0, 0.05) is 22.8 Å². The normalized spacial score (nSPS) is 11.0. The number of para-hydroxylation sites is 2. The molecule has 0 bridgehead atoms. The van der Waals surface area contributed by atoms with Crippen LogP contribution in [0.3, 0.4) is 0 Å². The maximum absolute atomic E-state index is 13.2. The third-order valence-electron chi connectivity index (χ3n) is 4.78. The number of rotatable bonds is 9. The van der Waals surface area contributed by atoms with E-state index in [0.717, 1.165) is 11.3 Å². The van der Waals surface area contributed by atoms with Crippen molar-refractivity contribution in [2.45, 2.75) is 11.3 Å². The Labute approximate surface area is 216 Å². The molecular formula is C23H21N5O7S2. The highest BCUT2D eigenvalue weighted by molar-refractivity contribution is 7.94. The third kappa shape index (κ3) is 5.59. The Hall–Kier alpha value is -4.30. The number of thiazole rings is 1. The number of ether oxygens (including phenoxy) is 4. The predicted molar refractivity (Wildman–Crippen MR) is 134 cm³/mol. The fourth-order valence-corrected chi connectivity index (χ4v) is 5.20. The minimum atomic E-state index is -4.16. The van der Waals surface area contributed by atoms with Gasteiger partial charge in [-0.3, -0.25) is 4.72 Å². The molecule has 0 aliphatic heterocycles. The SMILES string of the molecule is COC(=O)c1cc(-c2nc(NS(=O)(=O)c3ncc(C)s3)c(Oc3ccccc3OC)c(OC)n2)ccn1. The number of pyridine rings is 1. The van der Waals surface area contributed by atoms with Gasteiger partial charge >= 0.3 is 5.97 Å². The lowest BCUT2D eigenvalue weighted by Crippen LogP contribution is -2.15. The smallest absolute Gasteiger partial charge is 0.356 e. The van der Waals surface area contributed by atoms with Crippen molar-refractivity contribution in [2.24, 2.45) is 0 Å². The van der Waals surface area contributed by atoms with Crippen LogP contribution in [-0.2, 0) is 14.8 Å². The molecule has 4 aromatic rings. The van der Waals surface area contributed by atoms with Crippen LogP contribution < -0.4 is 18.9 Å². The standard InChI is InChI=1S/C23H21N5O7S2/c1-13-12-25-23(36-13)37(30,31)28-20-18(35-17-8-6-5-7-16(17)32-2)21(33-3)27-19(26-20)14-9-10-24-15(11-14)22(29)34-4/h5-12H,1-4H3,(H,26,27,28). The van der Waals surface area contributed by atoms with Crippen molar-refractivity contribution in [1.82, 2.24) is 19.9 Å². The monoisotopic (exact) mass is 543 g/mol. The maximum atomic E-state index is 13.2. The number of benzene rings is 1. The number of carbonyl (C=O) groups excluding carboxylic acids is 1. The molecule has 0 aliphatic rings. The Morgan fingerprint density at radius 3 is 2.41 bits per heavy atom. The molecule has 14 heteroatoms. The van der Waals surface area contributed by atoms with Gasteiger partial charge in [-0.15, -0.1) is 11.3 Å². The number of anilines is 1. The van der Waals surface area contributed by atoms with Gasteiger partial charge in [-0.05, 0) is 31.2 Å². The summed E-state index contributed by atoms with van der Waals surface area (Å²) in [6.07, 6.45) is 2.82. The molecule has 0 saturated carbocycles. The lowest BCUT2D eigenvalue weighted by Gasteiger charge is -2.17. The zero-order valence-electron chi connectivity index (χ0n) is 20.1. The first kappa shape index (κ1) is 25.8. The van der Waals surface area contributed by atoms with Gasteiger partial charge in [0.15, 0.2) is 23.1 Å². The summed E-state index contributed by atoms with van der Waals surface area (Å²) in [6, 6.07) is 9.71. The molecule has 37 heavy (non-hydrogen) atoms. The van der Waals surface area contributed by atoms with Crippen LogP contribution >= 0.6 is 11.3 Å². The van der Waals surface area contributed by atoms with Crippen molar-refractivity contribution in [1.29, 1.82) is 0 Å². The summed E-state index contributed by atoms with van der Waals surface area (Å²) in [4.78, 5) is 29.4. The van der Waals surface area contributed by atoms with Crippen LogP contribution in [0.15, 0.2) is 53.1 Å². The van der Waals surface area contributed by atoms with Crippen LogP contribution in [0.25, 0.3) is 11.4 Å². The Bertz CT molecular complexity index is 1560. The summed E-state index contributed by atoms with van der Waals surface area (Å²) in [5.41, 5.74) is 0.361. The first-order valence-electron chi connectivity index (χ1n) is 10.5. The lowest BCUT2D eigenvalue weighted by atomic mass is 10.2. The second kappa shape index (κ2) is 10.8. The van der Waals surface area contributed by atoms with Crippen LogP contribution in [0, 0.1) is 6.92 Å². The van der Waals surface area contributed by atoms with Gasteiger partial charge in [0.05, 0.1) is 21.3 Å². The van der Waals surface area contributed by atoms with Crippen LogP contribution in [0.5, 0.6) is 23.1 Å². The van der Waals surface area contributed by atoms with Crippen molar-refractivity contribution in [3.05, 3.63) is 59.4 Å². The van der Waals surface area contributed by atoms with E-state index in [1.165, 1.54) is 39.8 Å². The number of methoxy groups -OCH3 is 3.